The van der Waals surface area contributed by atoms with Crippen molar-refractivity contribution >= 4 is 11.6 Å². The van der Waals surface area contributed by atoms with E-state index in [2.05, 4.69) is 5.32 Å². The largest absolute Gasteiger partial charge is 0.505 e. The molecule has 0 saturated carbocycles. The third-order valence-electron chi connectivity index (χ3n) is 2.88. The molecular weight excluding hydrogens is 239 g/mol. The molecule has 98 valence electrons. The van der Waals surface area contributed by atoms with Crippen LogP contribution >= 0.6 is 0 Å². The van der Waals surface area contributed by atoms with Crippen molar-refractivity contribution in [2.75, 3.05) is 11.9 Å². The van der Waals surface area contributed by atoms with E-state index in [1.807, 2.05) is 0 Å². The molecule has 2 atom stereocenters. The van der Waals surface area contributed by atoms with E-state index in [0.29, 0.717) is 13.0 Å². The zero-order chi connectivity index (χ0) is 13.1. The van der Waals surface area contributed by atoms with Crippen LogP contribution in [0.25, 0.3) is 0 Å². The van der Waals surface area contributed by atoms with Gasteiger partial charge in [-0.05, 0) is 25.0 Å². The quantitative estimate of drug-likeness (QED) is 0.702. The molecule has 5 nitrogen and oxygen atoms in total. The maximum Gasteiger partial charge on any atom is 0.253 e. The lowest BCUT2D eigenvalue weighted by Crippen LogP contribution is -2.29. The van der Waals surface area contributed by atoms with Crippen LogP contribution in [-0.4, -0.2) is 29.8 Å². The second-order valence-electron chi connectivity index (χ2n) is 4.22. The number of hydrogen-bond donors (Lipinski definition) is 3. The summed E-state index contributed by atoms with van der Waals surface area (Å²) in [6.45, 7) is 0.387. The average molecular weight is 254 g/mol. The maximum atomic E-state index is 13.1. The molecular formula is C12H15FN2O3. The van der Waals surface area contributed by atoms with E-state index in [0.717, 1.165) is 12.5 Å². The van der Waals surface area contributed by atoms with Gasteiger partial charge < -0.3 is 20.9 Å². The standard InChI is InChI=1S/C12H15FN2O3/c13-9-5-7(1-3-10(9)16)15-12(17)11-4-2-8(6-14)18-11/h1,3,5,8,11,16H,2,4,6,14H2,(H,15,17). The van der Waals surface area contributed by atoms with Crippen molar-refractivity contribution in [1.82, 2.24) is 0 Å². The minimum absolute atomic E-state index is 0.0858. The molecule has 1 aromatic rings. The number of rotatable bonds is 3. The summed E-state index contributed by atoms with van der Waals surface area (Å²) in [5, 5.41) is 11.6. The van der Waals surface area contributed by atoms with Crippen molar-refractivity contribution in [2.24, 2.45) is 5.73 Å². The number of aromatic hydroxyl groups is 1. The van der Waals surface area contributed by atoms with Gasteiger partial charge in [-0.15, -0.1) is 0 Å². The summed E-state index contributed by atoms with van der Waals surface area (Å²) in [5.74, 6) is -1.55. The molecule has 1 aromatic carbocycles. The molecule has 0 aliphatic carbocycles. The first-order valence-electron chi connectivity index (χ1n) is 5.75. The third kappa shape index (κ3) is 2.77. The van der Waals surface area contributed by atoms with Crippen LogP contribution in [-0.2, 0) is 9.53 Å². The second-order valence-corrected chi connectivity index (χ2v) is 4.22. The molecule has 1 saturated heterocycles. The normalized spacial score (nSPS) is 23.0. The summed E-state index contributed by atoms with van der Waals surface area (Å²) in [6.07, 6.45) is 0.722. The van der Waals surface area contributed by atoms with Crippen molar-refractivity contribution in [2.45, 2.75) is 25.0 Å². The van der Waals surface area contributed by atoms with Crippen LogP contribution in [0.1, 0.15) is 12.8 Å². The van der Waals surface area contributed by atoms with Gasteiger partial charge in [0.2, 0.25) is 0 Å². The fraction of sp³-hybridized carbons (Fsp3) is 0.417. The number of anilines is 1. The smallest absolute Gasteiger partial charge is 0.253 e. The van der Waals surface area contributed by atoms with Crippen LogP contribution in [0, 0.1) is 5.82 Å². The number of carbonyl (C=O) groups is 1. The van der Waals surface area contributed by atoms with Gasteiger partial charge in [-0.25, -0.2) is 4.39 Å². The van der Waals surface area contributed by atoms with Gasteiger partial charge in [0.1, 0.15) is 6.10 Å². The number of carbonyl (C=O) groups excluding carboxylic acids is 1. The Morgan fingerprint density at radius 1 is 1.56 bits per heavy atom. The predicted molar refractivity (Wildman–Crippen MR) is 63.6 cm³/mol. The lowest BCUT2D eigenvalue weighted by atomic mass is 10.2. The predicted octanol–water partition coefficient (Wildman–Crippen LogP) is 0.976. The molecule has 1 heterocycles. The summed E-state index contributed by atoms with van der Waals surface area (Å²) >= 11 is 0. The van der Waals surface area contributed by atoms with Crippen LogP contribution in [0.4, 0.5) is 10.1 Å². The van der Waals surface area contributed by atoms with Crippen molar-refractivity contribution in [3.8, 4) is 5.75 Å². The SMILES string of the molecule is NCC1CCC(C(=O)Nc2ccc(O)c(F)c2)O1. The molecule has 0 radical (unpaired) electrons. The lowest BCUT2D eigenvalue weighted by molar-refractivity contribution is -0.126. The average Bonchev–Trinajstić information content (AvgIpc) is 2.82. The Morgan fingerprint density at radius 3 is 2.94 bits per heavy atom. The number of amides is 1. The summed E-state index contributed by atoms with van der Waals surface area (Å²) in [7, 11) is 0. The van der Waals surface area contributed by atoms with E-state index in [1.54, 1.807) is 0 Å². The van der Waals surface area contributed by atoms with Crippen LogP contribution in [0.5, 0.6) is 5.75 Å². The van der Waals surface area contributed by atoms with Crippen molar-refractivity contribution in [3.63, 3.8) is 0 Å². The van der Waals surface area contributed by atoms with Crippen LogP contribution < -0.4 is 11.1 Å². The van der Waals surface area contributed by atoms with E-state index in [9.17, 15) is 9.18 Å². The van der Waals surface area contributed by atoms with Gasteiger partial charge in [0.05, 0.1) is 6.10 Å². The molecule has 0 spiro atoms. The summed E-state index contributed by atoms with van der Waals surface area (Å²) in [5.41, 5.74) is 5.74. The molecule has 0 aromatic heterocycles. The molecule has 1 aliphatic heterocycles. The molecule has 6 heteroatoms. The van der Waals surface area contributed by atoms with Crippen LogP contribution in [0.15, 0.2) is 18.2 Å². The monoisotopic (exact) mass is 254 g/mol. The Labute approximate surface area is 104 Å². The number of phenols is 1. The highest BCUT2D eigenvalue weighted by Crippen LogP contribution is 2.22. The number of ether oxygens (including phenoxy) is 1. The van der Waals surface area contributed by atoms with E-state index in [-0.39, 0.29) is 17.7 Å². The number of halogens is 1. The minimum Gasteiger partial charge on any atom is -0.505 e. The van der Waals surface area contributed by atoms with E-state index >= 15 is 0 Å². The van der Waals surface area contributed by atoms with Gasteiger partial charge in [-0.3, -0.25) is 4.79 Å². The Bertz CT molecular complexity index is 453. The topological polar surface area (TPSA) is 84.6 Å². The van der Waals surface area contributed by atoms with E-state index < -0.39 is 17.7 Å². The second kappa shape index (κ2) is 5.32. The first-order chi connectivity index (χ1) is 8.60. The van der Waals surface area contributed by atoms with Crippen molar-refractivity contribution in [3.05, 3.63) is 24.0 Å². The van der Waals surface area contributed by atoms with Gasteiger partial charge in [0.25, 0.3) is 5.91 Å². The molecule has 2 rings (SSSR count). The molecule has 18 heavy (non-hydrogen) atoms. The number of benzene rings is 1. The molecule has 0 bridgehead atoms. The molecule has 1 fully saturated rings. The summed E-state index contributed by atoms with van der Waals surface area (Å²) < 4.78 is 18.5. The summed E-state index contributed by atoms with van der Waals surface area (Å²) in [6, 6.07) is 3.66. The molecule has 1 aliphatic rings. The Kier molecular flexibility index (Phi) is 3.78. The maximum absolute atomic E-state index is 13.1. The first kappa shape index (κ1) is 12.8. The number of nitrogens with one attached hydrogen (secondary N) is 1. The molecule has 4 N–H and O–H groups in total. The van der Waals surface area contributed by atoms with Gasteiger partial charge in [-0.1, -0.05) is 0 Å². The molecule has 2 unspecified atom stereocenters. The van der Waals surface area contributed by atoms with Gasteiger partial charge in [0.15, 0.2) is 11.6 Å². The highest BCUT2D eigenvalue weighted by molar-refractivity contribution is 5.94. The minimum atomic E-state index is -0.778. The number of nitrogens with two attached hydrogens (primary N) is 1. The van der Waals surface area contributed by atoms with Crippen molar-refractivity contribution in [1.29, 1.82) is 0 Å². The highest BCUT2D eigenvalue weighted by Gasteiger charge is 2.29. The summed E-state index contributed by atoms with van der Waals surface area (Å²) in [4.78, 5) is 11.8. The zero-order valence-corrected chi connectivity index (χ0v) is 9.73. The fourth-order valence-electron chi connectivity index (χ4n) is 1.88. The first-order valence-corrected chi connectivity index (χ1v) is 5.75. The zero-order valence-electron chi connectivity index (χ0n) is 9.73. The van der Waals surface area contributed by atoms with Gasteiger partial charge in [-0.2, -0.15) is 0 Å². The van der Waals surface area contributed by atoms with Crippen LogP contribution in [0.2, 0.25) is 0 Å². The Hall–Kier alpha value is -1.66. The fourth-order valence-corrected chi connectivity index (χ4v) is 1.88. The van der Waals surface area contributed by atoms with Gasteiger partial charge >= 0.3 is 0 Å². The van der Waals surface area contributed by atoms with Crippen LogP contribution in [0.3, 0.4) is 0 Å². The number of phenolic OH excluding ortho intramolecular Hbond substituents is 1. The Morgan fingerprint density at radius 2 is 2.33 bits per heavy atom. The van der Waals surface area contributed by atoms with Crippen molar-refractivity contribution < 1.29 is 19.0 Å². The lowest BCUT2D eigenvalue weighted by Gasteiger charge is -2.12. The van der Waals surface area contributed by atoms with Gasteiger partial charge in [0, 0.05) is 18.3 Å². The third-order valence-corrected chi connectivity index (χ3v) is 2.88. The highest BCUT2D eigenvalue weighted by atomic mass is 19.1. The Balaban J connectivity index is 1.97. The van der Waals surface area contributed by atoms with E-state index in [1.165, 1.54) is 12.1 Å². The number of hydrogen-bond acceptors (Lipinski definition) is 4. The van der Waals surface area contributed by atoms with E-state index in [4.69, 9.17) is 15.6 Å². The molecule has 1 amide bonds.